The molecule has 1 N–H and O–H groups in total. The average molecular weight is 435 g/mol. The molecular weight excluding hydrogens is 403 g/mol. The highest BCUT2D eigenvalue weighted by Gasteiger charge is 2.57. The molecule has 2 bridgehead atoms. The summed E-state index contributed by atoms with van der Waals surface area (Å²) in [4.78, 5) is 36.5. The van der Waals surface area contributed by atoms with Crippen LogP contribution in [0.2, 0.25) is 0 Å². The van der Waals surface area contributed by atoms with E-state index < -0.39 is 40.9 Å². The van der Waals surface area contributed by atoms with Crippen LogP contribution in [0.15, 0.2) is 0 Å². The first-order valence-electron chi connectivity index (χ1n) is 10.2. The number of ether oxygens (including phenoxy) is 2. The first kappa shape index (κ1) is 24.5. The Bertz CT molecular complexity index is 698. The van der Waals surface area contributed by atoms with E-state index >= 15 is 0 Å². The number of Topliss-reactive ketones (excluding diaryl/α,β-unsaturated/α-hetero) is 1. The Hall–Kier alpha value is -1.80. The summed E-state index contributed by atoms with van der Waals surface area (Å²) in [5.41, 5.74) is -2.96. The Labute approximate surface area is 175 Å². The van der Waals surface area contributed by atoms with Gasteiger partial charge in [0.05, 0.1) is 6.04 Å². The molecule has 2 aliphatic carbocycles. The lowest BCUT2D eigenvalue weighted by Crippen LogP contribution is -2.61. The van der Waals surface area contributed by atoms with Crippen LogP contribution in [-0.2, 0) is 19.1 Å². The lowest BCUT2D eigenvalue weighted by Gasteiger charge is -2.56. The topological polar surface area (TPSA) is 81.7 Å². The quantitative estimate of drug-likeness (QED) is 0.655. The molecule has 5 atom stereocenters. The third kappa shape index (κ3) is 5.88. The number of amides is 1. The fourth-order valence-corrected chi connectivity index (χ4v) is 5.62. The first-order valence-corrected chi connectivity index (χ1v) is 10.2. The van der Waals surface area contributed by atoms with Gasteiger partial charge in [0.2, 0.25) is 0 Å². The first-order chi connectivity index (χ1) is 13.4. The van der Waals surface area contributed by atoms with Crippen LogP contribution in [-0.4, -0.2) is 41.3 Å². The fraction of sp³-hybridized carbons (Fsp3) is 0.857. The van der Waals surface area contributed by atoms with E-state index in [9.17, 15) is 27.6 Å². The van der Waals surface area contributed by atoms with E-state index in [1.807, 2.05) is 6.92 Å². The smallest absolute Gasteiger partial charge is 0.453 e. The minimum Gasteiger partial charge on any atom is -0.453 e. The molecule has 0 radical (unpaired) electrons. The molecule has 0 aliphatic heterocycles. The van der Waals surface area contributed by atoms with Crippen LogP contribution in [0, 0.1) is 17.3 Å². The van der Waals surface area contributed by atoms with Gasteiger partial charge in [0.15, 0.2) is 5.78 Å². The Morgan fingerprint density at radius 2 is 1.70 bits per heavy atom. The molecule has 2 saturated carbocycles. The second-order valence-corrected chi connectivity index (χ2v) is 10.4. The summed E-state index contributed by atoms with van der Waals surface area (Å²) in [5.74, 6) is -2.34. The maximum atomic E-state index is 12.8. The molecule has 0 saturated heterocycles. The van der Waals surface area contributed by atoms with Crippen LogP contribution in [0.5, 0.6) is 0 Å². The van der Waals surface area contributed by atoms with Crippen LogP contribution in [0.4, 0.5) is 18.0 Å². The molecule has 0 aromatic carbocycles. The van der Waals surface area contributed by atoms with Crippen molar-refractivity contribution in [3.05, 3.63) is 0 Å². The monoisotopic (exact) mass is 435 g/mol. The summed E-state index contributed by atoms with van der Waals surface area (Å²) in [6.07, 6.45) is -3.64. The number of carbonyl (C=O) groups excluding carboxylic acids is 3. The summed E-state index contributed by atoms with van der Waals surface area (Å²) in [6, 6.07) is -0.943. The molecule has 0 heterocycles. The van der Waals surface area contributed by atoms with Gasteiger partial charge in [-0.1, -0.05) is 6.92 Å². The third-order valence-corrected chi connectivity index (χ3v) is 5.88. The van der Waals surface area contributed by atoms with E-state index in [1.54, 1.807) is 20.8 Å². The maximum Gasteiger partial charge on any atom is 0.490 e. The highest BCUT2D eigenvalue weighted by molar-refractivity contribution is 5.86. The van der Waals surface area contributed by atoms with Gasteiger partial charge in [0.1, 0.15) is 11.2 Å². The normalized spacial score (nSPS) is 32.7. The molecule has 2 rings (SSSR count). The zero-order valence-electron chi connectivity index (χ0n) is 18.4. The molecule has 172 valence electrons. The van der Waals surface area contributed by atoms with Gasteiger partial charge >= 0.3 is 18.2 Å². The molecular formula is C21H32F3NO5. The number of hydrogen-bond acceptors (Lipinski definition) is 5. The zero-order chi connectivity index (χ0) is 23.1. The van der Waals surface area contributed by atoms with Crippen LogP contribution in [0.1, 0.15) is 73.6 Å². The van der Waals surface area contributed by atoms with E-state index in [4.69, 9.17) is 9.47 Å². The number of alkyl carbamates (subject to hydrolysis) is 1. The van der Waals surface area contributed by atoms with Crippen molar-refractivity contribution < 1.29 is 37.0 Å². The highest BCUT2D eigenvalue weighted by Crippen LogP contribution is 2.57. The molecule has 5 unspecified atom stereocenters. The van der Waals surface area contributed by atoms with Crippen molar-refractivity contribution in [1.29, 1.82) is 0 Å². The lowest BCUT2D eigenvalue weighted by atomic mass is 9.52. The number of halogens is 3. The number of hydrogen-bond donors (Lipinski definition) is 1. The van der Waals surface area contributed by atoms with E-state index in [-0.39, 0.29) is 30.5 Å². The summed E-state index contributed by atoms with van der Waals surface area (Å²) >= 11 is 0. The largest absolute Gasteiger partial charge is 0.490 e. The Morgan fingerprint density at radius 1 is 1.10 bits per heavy atom. The minimum atomic E-state index is -5.09. The van der Waals surface area contributed by atoms with Gasteiger partial charge in [0.25, 0.3) is 0 Å². The molecule has 0 aromatic rings. The second kappa shape index (κ2) is 8.04. The lowest BCUT2D eigenvalue weighted by molar-refractivity contribution is -0.223. The van der Waals surface area contributed by atoms with Crippen molar-refractivity contribution in [3.63, 3.8) is 0 Å². The standard InChI is InChI=1S/C21H32F3NO5/c1-12-7-14-9-19(6,29-16(27)21(22,23)24)11-20(8-12,10-14)15(13(2)26)25-17(28)30-18(3,4)5/h12,14-15H,7-11H2,1-6H3,(H,25,28). The molecule has 0 spiro atoms. The van der Waals surface area contributed by atoms with Gasteiger partial charge < -0.3 is 14.8 Å². The van der Waals surface area contributed by atoms with Crippen molar-refractivity contribution in [1.82, 2.24) is 5.32 Å². The second-order valence-electron chi connectivity index (χ2n) is 10.4. The summed E-state index contributed by atoms with van der Waals surface area (Å²) in [5, 5.41) is 2.66. The highest BCUT2D eigenvalue weighted by atomic mass is 19.4. The molecule has 9 heteroatoms. The molecule has 6 nitrogen and oxygen atoms in total. The number of ketones is 1. The van der Waals surface area contributed by atoms with Crippen molar-refractivity contribution in [2.75, 3.05) is 0 Å². The van der Waals surface area contributed by atoms with Gasteiger partial charge in [0, 0.05) is 5.41 Å². The van der Waals surface area contributed by atoms with E-state index in [1.165, 1.54) is 13.8 Å². The molecule has 0 aromatic heterocycles. The summed E-state index contributed by atoms with van der Waals surface area (Å²) in [7, 11) is 0. The van der Waals surface area contributed by atoms with E-state index in [0.717, 1.165) is 6.42 Å². The van der Waals surface area contributed by atoms with E-state index in [0.29, 0.717) is 12.8 Å². The van der Waals surface area contributed by atoms with Crippen LogP contribution < -0.4 is 5.32 Å². The van der Waals surface area contributed by atoms with Crippen molar-refractivity contribution in [2.24, 2.45) is 17.3 Å². The fourth-order valence-electron chi connectivity index (χ4n) is 5.62. The van der Waals surface area contributed by atoms with Crippen molar-refractivity contribution in [3.8, 4) is 0 Å². The van der Waals surface area contributed by atoms with E-state index in [2.05, 4.69) is 5.32 Å². The average Bonchev–Trinajstić information content (AvgIpc) is 2.47. The number of esters is 1. The predicted octanol–water partition coefficient (Wildman–Crippen LogP) is 4.55. The molecule has 1 amide bonds. The zero-order valence-corrected chi connectivity index (χ0v) is 18.4. The Kier molecular flexibility index (Phi) is 6.56. The molecule has 30 heavy (non-hydrogen) atoms. The number of alkyl halides is 3. The number of rotatable bonds is 4. The summed E-state index contributed by atoms with van der Waals surface area (Å²) < 4.78 is 48.7. The van der Waals surface area contributed by atoms with Crippen LogP contribution >= 0.6 is 0 Å². The predicted molar refractivity (Wildman–Crippen MR) is 103 cm³/mol. The van der Waals surface area contributed by atoms with Gasteiger partial charge in [-0.2, -0.15) is 13.2 Å². The van der Waals surface area contributed by atoms with Gasteiger partial charge in [-0.25, -0.2) is 9.59 Å². The number of fused-ring (bicyclic) bond motifs is 2. The number of carbonyl (C=O) groups is 3. The number of nitrogens with one attached hydrogen (secondary N) is 1. The third-order valence-electron chi connectivity index (χ3n) is 5.88. The van der Waals surface area contributed by atoms with Crippen LogP contribution in [0.3, 0.4) is 0 Å². The van der Waals surface area contributed by atoms with Gasteiger partial charge in [-0.05, 0) is 78.6 Å². The maximum absolute atomic E-state index is 12.8. The molecule has 2 fully saturated rings. The Morgan fingerprint density at radius 3 is 2.20 bits per heavy atom. The van der Waals surface area contributed by atoms with Crippen molar-refractivity contribution >= 4 is 17.8 Å². The van der Waals surface area contributed by atoms with Gasteiger partial charge in [-0.3, -0.25) is 4.79 Å². The molecule has 2 aliphatic rings. The minimum absolute atomic E-state index is 0.0178. The van der Waals surface area contributed by atoms with Crippen LogP contribution in [0.25, 0.3) is 0 Å². The Balaban J connectivity index is 2.35. The van der Waals surface area contributed by atoms with Crippen molar-refractivity contribution in [2.45, 2.75) is 97.1 Å². The van der Waals surface area contributed by atoms with Gasteiger partial charge in [-0.15, -0.1) is 0 Å². The SMILES string of the molecule is CC(=O)C(NC(=O)OC(C)(C)C)C12CC(C)CC(CC(C)(OC(=O)C(F)(F)F)C1)C2. The summed E-state index contributed by atoms with van der Waals surface area (Å²) in [6.45, 7) is 9.94.